The third-order valence-electron chi connectivity index (χ3n) is 4.06. The Morgan fingerprint density at radius 3 is 2.85 bits per heavy atom. The van der Waals surface area contributed by atoms with Crippen molar-refractivity contribution in [3.05, 3.63) is 53.7 Å². The molecule has 2 amide bonds. The Hall–Kier alpha value is -3.28. The number of alkyl halides is 3. The molecule has 1 aromatic heterocycles. The molecule has 0 radical (unpaired) electrons. The van der Waals surface area contributed by atoms with Crippen LogP contribution in [0, 0.1) is 11.3 Å². The topological polar surface area (TPSA) is 78.2 Å². The molecule has 2 aromatic rings. The third kappa shape index (κ3) is 4.47. The summed E-state index contributed by atoms with van der Waals surface area (Å²) >= 11 is 0. The van der Waals surface area contributed by atoms with Crippen LogP contribution in [0.25, 0.3) is 0 Å². The minimum Gasteiger partial charge on any atom is -0.472 e. The van der Waals surface area contributed by atoms with Crippen molar-refractivity contribution in [2.24, 2.45) is 0 Å². The Bertz CT molecular complexity index is 879. The summed E-state index contributed by atoms with van der Waals surface area (Å²) in [6.07, 6.45) is -2.96. The van der Waals surface area contributed by atoms with Gasteiger partial charge in [0, 0.05) is 25.2 Å². The first-order chi connectivity index (χ1) is 12.9. The van der Waals surface area contributed by atoms with E-state index < -0.39 is 17.8 Å². The van der Waals surface area contributed by atoms with Gasteiger partial charge >= 0.3 is 12.2 Å². The van der Waals surface area contributed by atoms with Crippen molar-refractivity contribution in [2.75, 3.05) is 18.4 Å². The number of hydrogen-bond acceptors (Lipinski definition) is 4. The van der Waals surface area contributed by atoms with Crippen LogP contribution in [0.5, 0.6) is 5.88 Å². The number of likely N-dealkylation sites (tertiary alicyclic amines) is 1. The molecule has 1 aliphatic rings. The Labute approximate surface area is 153 Å². The van der Waals surface area contributed by atoms with E-state index in [1.165, 1.54) is 35.4 Å². The van der Waals surface area contributed by atoms with E-state index in [1.54, 1.807) is 6.07 Å². The summed E-state index contributed by atoms with van der Waals surface area (Å²) in [6, 6.07) is 9.19. The molecule has 140 valence electrons. The van der Waals surface area contributed by atoms with E-state index in [9.17, 15) is 18.0 Å². The summed E-state index contributed by atoms with van der Waals surface area (Å²) in [5.74, 6) is 0.267. The Balaban J connectivity index is 1.62. The number of halogens is 3. The number of carbonyl (C=O) groups excluding carboxylic acids is 1. The van der Waals surface area contributed by atoms with Crippen molar-refractivity contribution in [1.29, 1.82) is 5.26 Å². The van der Waals surface area contributed by atoms with Crippen LogP contribution in [0.3, 0.4) is 0 Å². The number of nitriles is 1. The smallest absolute Gasteiger partial charge is 0.418 e. The van der Waals surface area contributed by atoms with Crippen molar-refractivity contribution in [2.45, 2.75) is 18.7 Å². The number of nitrogens with zero attached hydrogens (tertiary/aromatic N) is 3. The lowest BCUT2D eigenvalue weighted by atomic mass is 10.1. The van der Waals surface area contributed by atoms with E-state index in [0.29, 0.717) is 18.5 Å². The number of hydrogen-bond donors (Lipinski definition) is 1. The van der Waals surface area contributed by atoms with Crippen LogP contribution in [0.2, 0.25) is 0 Å². The molecule has 27 heavy (non-hydrogen) atoms. The van der Waals surface area contributed by atoms with E-state index in [1.807, 2.05) is 6.07 Å². The van der Waals surface area contributed by atoms with Gasteiger partial charge < -0.3 is 15.0 Å². The van der Waals surface area contributed by atoms with Crippen LogP contribution >= 0.6 is 0 Å². The maximum absolute atomic E-state index is 13.0. The molecule has 0 bridgehead atoms. The lowest BCUT2D eigenvalue weighted by Gasteiger charge is -2.19. The highest BCUT2D eigenvalue weighted by Crippen LogP contribution is 2.34. The van der Waals surface area contributed by atoms with Crippen LogP contribution in [0.4, 0.5) is 23.7 Å². The fourth-order valence-electron chi connectivity index (χ4n) is 2.76. The van der Waals surface area contributed by atoms with E-state index in [-0.39, 0.29) is 24.2 Å². The maximum atomic E-state index is 13.0. The highest BCUT2D eigenvalue weighted by molar-refractivity contribution is 5.90. The fourth-order valence-corrected chi connectivity index (χ4v) is 2.76. The lowest BCUT2D eigenvalue weighted by molar-refractivity contribution is -0.136. The third-order valence-corrected chi connectivity index (χ3v) is 4.06. The van der Waals surface area contributed by atoms with E-state index in [2.05, 4.69) is 10.3 Å². The summed E-state index contributed by atoms with van der Waals surface area (Å²) in [6.45, 7) is 0.543. The molecule has 1 atom stereocenters. The van der Waals surface area contributed by atoms with E-state index >= 15 is 0 Å². The van der Waals surface area contributed by atoms with Gasteiger partial charge in [-0.2, -0.15) is 18.4 Å². The average Bonchev–Trinajstić information content (AvgIpc) is 3.10. The Kier molecular flexibility index (Phi) is 5.16. The molecule has 1 unspecified atom stereocenters. The molecular formula is C18H15F3N4O2. The molecular weight excluding hydrogens is 361 g/mol. The van der Waals surface area contributed by atoms with Crippen LogP contribution in [-0.4, -0.2) is 35.1 Å². The molecule has 6 nitrogen and oxygen atoms in total. The number of pyridine rings is 1. The summed E-state index contributed by atoms with van der Waals surface area (Å²) in [5.41, 5.74) is -0.790. The molecule has 0 aliphatic carbocycles. The zero-order valence-electron chi connectivity index (χ0n) is 14.0. The first-order valence-corrected chi connectivity index (χ1v) is 8.12. The molecule has 9 heteroatoms. The van der Waals surface area contributed by atoms with Gasteiger partial charge in [-0.15, -0.1) is 0 Å². The summed E-state index contributed by atoms with van der Waals surface area (Å²) in [5, 5.41) is 11.2. The van der Waals surface area contributed by atoms with Crippen molar-refractivity contribution in [1.82, 2.24) is 9.88 Å². The first kappa shape index (κ1) is 18.5. The van der Waals surface area contributed by atoms with Gasteiger partial charge in [-0.25, -0.2) is 9.78 Å². The first-order valence-electron chi connectivity index (χ1n) is 8.12. The zero-order valence-corrected chi connectivity index (χ0v) is 14.0. The van der Waals surface area contributed by atoms with Crippen molar-refractivity contribution in [3.8, 4) is 11.9 Å². The van der Waals surface area contributed by atoms with Gasteiger partial charge in [0.05, 0.1) is 29.4 Å². The average molecular weight is 376 g/mol. The predicted molar refractivity (Wildman–Crippen MR) is 90.0 cm³/mol. The number of amides is 2. The van der Waals surface area contributed by atoms with Gasteiger partial charge in [-0.05, 0) is 18.2 Å². The second-order valence-corrected chi connectivity index (χ2v) is 5.94. The molecule has 0 saturated carbocycles. The Morgan fingerprint density at radius 1 is 1.33 bits per heavy atom. The number of carbonyl (C=O) groups is 1. The van der Waals surface area contributed by atoms with E-state index in [0.717, 1.165) is 6.07 Å². The zero-order chi connectivity index (χ0) is 19.4. The normalized spacial score (nSPS) is 16.7. The summed E-state index contributed by atoms with van der Waals surface area (Å²) < 4.78 is 44.7. The second-order valence-electron chi connectivity index (χ2n) is 5.94. The molecule has 0 spiro atoms. The van der Waals surface area contributed by atoms with Crippen LogP contribution in [-0.2, 0) is 6.18 Å². The van der Waals surface area contributed by atoms with Gasteiger partial charge in [0.15, 0.2) is 0 Å². The predicted octanol–water partition coefficient (Wildman–Crippen LogP) is 3.66. The number of rotatable bonds is 3. The highest BCUT2D eigenvalue weighted by Gasteiger charge is 2.34. The van der Waals surface area contributed by atoms with Crippen LogP contribution in [0.15, 0.2) is 42.6 Å². The van der Waals surface area contributed by atoms with Gasteiger partial charge in [0.1, 0.15) is 6.10 Å². The molecule has 1 aromatic carbocycles. The Morgan fingerprint density at radius 2 is 2.11 bits per heavy atom. The van der Waals surface area contributed by atoms with Crippen molar-refractivity contribution < 1.29 is 22.7 Å². The quantitative estimate of drug-likeness (QED) is 0.887. The summed E-state index contributed by atoms with van der Waals surface area (Å²) in [7, 11) is 0. The number of benzene rings is 1. The number of nitrogens with one attached hydrogen (secondary N) is 1. The summed E-state index contributed by atoms with van der Waals surface area (Å²) in [4.78, 5) is 17.7. The molecule has 3 rings (SSSR count). The number of urea groups is 1. The van der Waals surface area contributed by atoms with E-state index in [4.69, 9.17) is 10.00 Å². The van der Waals surface area contributed by atoms with Gasteiger partial charge in [-0.1, -0.05) is 12.1 Å². The van der Waals surface area contributed by atoms with Crippen LogP contribution in [0.1, 0.15) is 17.5 Å². The number of aromatic nitrogens is 1. The van der Waals surface area contributed by atoms with Gasteiger partial charge in [-0.3, -0.25) is 0 Å². The van der Waals surface area contributed by atoms with Crippen LogP contribution < -0.4 is 10.1 Å². The minimum atomic E-state index is -4.56. The standard InChI is InChI=1S/C18H15F3N4O2/c19-18(20,21)14-3-1-2-4-15(14)24-17(26)25-8-6-13(11-25)27-16-9-12(10-22)5-7-23-16/h1-5,7,9,13H,6,8,11H2,(H,24,26). The second kappa shape index (κ2) is 7.53. The number of ether oxygens (including phenoxy) is 1. The molecule has 1 N–H and O–H groups in total. The van der Waals surface area contributed by atoms with Crippen molar-refractivity contribution in [3.63, 3.8) is 0 Å². The monoisotopic (exact) mass is 376 g/mol. The van der Waals surface area contributed by atoms with Gasteiger partial charge in [0.2, 0.25) is 5.88 Å². The molecule has 1 fully saturated rings. The largest absolute Gasteiger partial charge is 0.472 e. The maximum Gasteiger partial charge on any atom is 0.418 e. The SMILES string of the molecule is N#Cc1ccnc(OC2CCN(C(=O)Nc3ccccc3C(F)(F)F)C2)c1. The highest BCUT2D eigenvalue weighted by atomic mass is 19.4. The van der Waals surface area contributed by atoms with Gasteiger partial charge in [0.25, 0.3) is 0 Å². The molecule has 1 saturated heterocycles. The molecule has 1 aliphatic heterocycles. The van der Waals surface area contributed by atoms with Crippen molar-refractivity contribution >= 4 is 11.7 Å². The number of para-hydroxylation sites is 1. The minimum absolute atomic E-state index is 0.207. The number of anilines is 1. The molecule has 2 heterocycles. The lowest BCUT2D eigenvalue weighted by Crippen LogP contribution is -2.35. The fraction of sp³-hybridized carbons (Fsp3) is 0.278.